The van der Waals surface area contributed by atoms with Crippen LogP contribution in [0.2, 0.25) is 0 Å². The molecule has 12 heavy (non-hydrogen) atoms. The van der Waals surface area contributed by atoms with Gasteiger partial charge in [0, 0.05) is 6.61 Å². The highest BCUT2D eigenvalue weighted by Gasteiger charge is 2.33. The molecule has 2 atom stereocenters. The van der Waals surface area contributed by atoms with Gasteiger partial charge in [0.25, 0.3) is 0 Å². The lowest BCUT2D eigenvalue weighted by molar-refractivity contribution is 0.0999. The second-order valence-electron chi connectivity index (χ2n) is 3.02. The molecule has 2 rings (SSSR count). The minimum absolute atomic E-state index is 0.0280. The van der Waals surface area contributed by atoms with Crippen LogP contribution in [-0.4, -0.2) is 30.6 Å². The Bertz CT molecular complexity index is 233. The Morgan fingerprint density at radius 3 is 3.00 bits per heavy atom. The summed E-state index contributed by atoms with van der Waals surface area (Å²) in [5.41, 5.74) is 5.54. The molecule has 0 spiro atoms. The topological polar surface area (TPSA) is 76.7 Å². The highest BCUT2D eigenvalue weighted by atomic mass is 16.5. The molecule has 2 amide bonds. The summed E-state index contributed by atoms with van der Waals surface area (Å²) in [7, 11) is 0. The first-order valence-electron chi connectivity index (χ1n) is 4.03. The monoisotopic (exact) mass is 169 g/mol. The SMILES string of the molecule is NC1=NC(=O)NC1C1CCCO1. The molecule has 1 saturated heterocycles. The van der Waals surface area contributed by atoms with E-state index in [1.54, 1.807) is 0 Å². The quantitative estimate of drug-likeness (QED) is 0.561. The normalized spacial score (nSPS) is 35.0. The third-order valence-electron chi connectivity index (χ3n) is 2.16. The summed E-state index contributed by atoms with van der Waals surface area (Å²) < 4.78 is 5.38. The fourth-order valence-electron chi connectivity index (χ4n) is 1.57. The van der Waals surface area contributed by atoms with E-state index in [1.165, 1.54) is 0 Å². The average molecular weight is 169 g/mol. The molecule has 0 bridgehead atoms. The van der Waals surface area contributed by atoms with Crippen molar-refractivity contribution < 1.29 is 9.53 Å². The van der Waals surface area contributed by atoms with E-state index in [9.17, 15) is 4.79 Å². The van der Waals surface area contributed by atoms with Crippen LogP contribution >= 0.6 is 0 Å². The second kappa shape index (κ2) is 2.75. The van der Waals surface area contributed by atoms with Crippen LogP contribution in [0.5, 0.6) is 0 Å². The first-order chi connectivity index (χ1) is 5.77. The number of hydrogen-bond donors (Lipinski definition) is 2. The average Bonchev–Trinajstić information content (AvgIpc) is 2.58. The third-order valence-corrected chi connectivity index (χ3v) is 2.16. The zero-order valence-corrected chi connectivity index (χ0v) is 6.62. The molecule has 66 valence electrons. The molecule has 2 aliphatic rings. The Balaban J connectivity index is 2.05. The van der Waals surface area contributed by atoms with Crippen LogP contribution < -0.4 is 11.1 Å². The van der Waals surface area contributed by atoms with Crippen molar-refractivity contribution in [2.75, 3.05) is 6.61 Å². The first kappa shape index (κ1) is 7.54. The molecule has 5 nitrogen and oxygen atoms in total. The number of hydrogen-bond acceptors (Lipinski definition) is 3. The van der Waals surface area contributed by atoms with Gasteiger partial charge >= 0.3 is 6.03 Å². The number of nitrogens with zero attached hydrogens (tertiary/aromatic N) is 1. The van der Waals surface area contributed by atoms with Gasteiger partial charge in [-0.3, -0.25) is 0 Å². The van der Waals surface area contributed by atoms with Gasteiger partial charge in [-0.25, -0.2) is 4.79 Å². The maximum atomic E-state index is 10.8. The fourth-order valence-corrected chi connectivity index (χ4v) is 1.57. The predicted octanol–water partition coefficient (Wildman–Crippen LogP) is -0.386. The van der Waals surface area contributed by atoms with Crippen LogP contribution in [0.3, 0.4) is 0 Å². The number of urea groups is 1. The highest BCUT2D eigenvalue weighted by molar-refractivity contribution is 6.03. The van der Waals surface area contributed by atoms with Gasteiger partial charge in [0.1, 0.15) is 11.9 Å². The highest BCUT2D eigenvalue weighted by Crippen LogP contribution is 2.17. The van der Waals surface area contributed by atoms with Gasteiger partial charge < -0.3 is 15.8 Å². The Morgan fingerprint density at radius 2 is 2.50 bits per heavy atom. The number of carbonyl (C=O) groups is 1. The Morgan fingerprint density at radius 1 is 1.67 bits per heavy atom. The molecule has 2 unspecified atom stereocenters. The molecule has 2 heterocycles. The molecular formula is C7H11N3O2. The maximum absolute atomic E-state index is 10.8. The van der Waals surface area contributed by atoms with E-state index in [4.69, 9.17) is 10.5 Å². The van der Waals surface area contributed by atoms with Gasteiger partial charge in [-0.05, 0) is 12.8 Å². The number of aliphatic imine (C=N–C) groups is 1. The number of nitrogens with two attached hydrogens (primary N) is 1. The Kier molecular flexibility index (Phi) is 1.73. The molecule has 0 aromatic rings. The third kappa shape index (κ3) is 1.16. The van der Waals surface area contributed by atoms with Crippen LogP contribution in [0.4, 0.5) is 4.79 Å². The summed E-state index contributed by atoms with van der Waals surface area (Å²) >= 11 is 0. The maximum Gasteiger partial charge on any atom is 0.343 e. The molecule has 0 radical (unpaired) electrons. The summed E-state index contributed by atoms with van der Waals surface area (Å²) in [6, 6.07) is -0.548. The molecular weight excluding hydrogens is 158 g/mol. The van der Waals surface area contributed by atoms with Crippen molar-refractivity contribution in [1.29, 1.82) is 0 Å². The molecule has 2 aliphatic heterocycles. The van der Waals surface area contributed by atoms with Gasteiger partial charge in [0.2, 0.25) is 0 Å². The minimum Gasteiger partial charge on any atom is -0.385 e. The van der Waals surface area contributed by atoms with Crippen molar-refractivity contribution >= 4 is 11.9 Å². The van der Waals surface area contributed by atoms with Crippen molar-refractivity contribution in [2.24, 2.45) is 10.7 Å². The molecule has 1 fully saturated rings. The standard InChI is InChI=1S/C7H11N3O2/c8-6-5(9-7(11)10-6)4-2-1-3-12-4/h4-5H,1-3H2,(H3,8,9,10,11). The van der Waals surface area contributed by atoms with Crippen molar-refractivity contribution in [3.63, 3.8) is 0 Å². The molecule has 5 heteroatoms. The van der Waals surface area contributed by atoms with Crippen molar-refractivity contribution in [3.05, 3.63) is 0 Å². The lowest BCUT2D eigenvalue weighted by Gasteiger charge is -2.16. The fraction of sp³-hybridized carbons (Fsp3) is 0.714. The summed E-state index contributed by atoms with van der Waals surface area (Å²) in [5, 5.41) is 2.65. The van der Waals surface area contributed by atoms with Crippen molar-refractivity contribution in [1.82, 2.24) is 5.32 Å². The summed E-state index contributed by atoms with van der Waals surface area (Å²) in [5.74, 6) is 0.354. The van der Waals surface area contributed by atoms with E-state index in [2.05, 4.69) is 10.3 Å². The van der Waals surface area contributed by atoms with Crippen molar-refractivity contribution in [2.45, 2.75) is 25.0 Å². The van der Waals surface area contributed by atoms with Gasteiger partial charge in [0.15, 0.2) is 0 Å². The zero-order valence-electron chi connectivity index (χ0n) is 6.62. The minimum atomic E-state index is -0.354. The number of nitrogens with one attached hydrogen (secondary N) is 1. The van der Waals surface area contributed by atoms with Crippen LogP contribution in [0.15, 0.2) is 4.99 Å². The smallest absolute Gasteiger partial charge is 0.343 e. The van der Waals surface area contributed by atoms with E-state index < -0.39 is 0 Å². The lowest BCUT2D eigenvalue weighted by Crippen LogP contribution is -2.45. The van der Waals surface area contributed by atoms with E-state index in [0.29, 0.717) is 5.84 Å². The summed E-state index contributed by atoms with van der Waals surface area (Å²) in [6.07, 6.45) is 2.01. The van der Waals surface area contributed by atoms with E-state index in [0.717, 1.165) is 19.4 Å². The van der Waals surface area contributed by atoms with E-state index in [-0.39, 0.29) is 18.2 Å². The van der Waals surface area contributed by atoms with Crippen molar-refractivity contribution in [3.8, 4) is 0 Å². The number of amidine groups is 1. The first-order valence-corrected chi connectivity index (χ1v) is 4.03. The Labute approximate surface area is 70.0 Å². The molecule has 0 aliphatic carbocycles. The number of rotatable bonds is 1. The number of amides is 2. The molecule has 0 aromatic heterocycles. The largest absolute Gasteiger partial charge is 0.385 e. The van der Waals surface area contributed by atoms with Crippen LogP contribution in [0.1, 0.15) is 12.8 Å². The lowest BCUT2D eigenvalue weighted by atomic mass is 10.1. The molecule has 0 saturated carbocycles. The number of ether oxygens (including phenoxy) is 1. The molecule has 0 aromatic carbocycles. The van der Waals surface area contributed by atoms with Gasteiger partial charge in [-0.1, -0.05) is 0 Å². The van der Waals surface area contributed by atoms with Gasteiger partial charge in [0.05, 0.1) is 6.10 Å². The summed E-state index contributed by atoms with van der Waals surface area (Å²) in [4.78, 5) is 14.4. The van der Waals surface area contributed by atoms with Crippen LogP contribution in [0, 0.1) is 0 Å². The van der Waals surface area contributed by atoms with Crippen LogP contribution in [0.25, 0.3) is 0 Å². The van der Waals surface area contributed by atoms with Gasteiger partial charge in [-0.2, -0.15) is 4.99 Å². The Hall–Kier alpha value is -1.10. The predicted molar refractivity (Wildman–Crippen MR) is 42.9 cm³/mol. The van der Waals surface area contributed by atoms with E-state index in [1.807, 2.05) is 0 Å². The van der Waals surface area contributed by atoms with E-state index >= 15 is 0 Å². The second-order valence-corrected chi connectivity index (χ2v) is 3.02. The van der Waals surface area contributed by atoms with Gasteiger partial charge in [-0.15, -0.1) is 0 Å². The van der Waals surface area contributed by atoms with Crippen LogP contribution in [-0.2, 0) is 4.74 Å². The summed E-state index contributed by atoms with van der Waals surface area (Å²) in [6.45, 7) is 0.754. The zero-order chi connectivity index (χ0) is 8.55. The number of carbonyl (C=O) groups excluding carboxylic acids is 1. The molecule has 3 N–H and O–H groups in total.